The van der Waals surface area contributed by atoms with Crippen molar-refractivity contribution in [3.63, 3.8) is 0 Å². The Bertz CT molecular complexity index is 1550. The molecule has 1 saturated carbocycles. The summed E-state index contributed by atoms with van der Waals surface area (Å²) in [6.45, 7) is 8.99. The van der Waals surface area contributed by atoms with Crippen LogP contribution in [0.4, 0.5) is 0 Å². The molecule has 2 aromatic heterocycles. The van der Waals surface area contributed by atoms with Crippen LogP contribution in [0, 0.1) is 26.7 Å². The Morgan fingerprint density at radius 2 is 1.73 bits per heavy atom. The van der Waals surface area contributed by atoms with Gasteiger partial charge in [-0.05, 0) is 72.9 Å². The summed E-state index contributed by atoms with van der Waals surface area (Å²) in [7, 11) is 0. The molecule has 7 rings (SSSR count). The van der Waals surface area contributed by atoms with Gasteiger partial charge < -0.3 is 0 Å². The monoisotopic (exact) mass is 388 g/mol. The lowest BCUT2D eigenvalue weighted by atomic mass is 9.99. The molecule has 2 unspecified atom stereocenters. The number of pyridine rings is 1. The predicted molar refractivity (Wildman–Crippen MR) is 124 cm³/mol. The number of hydrogen-bond donors (Lipinski definition) is 0. The SMILES string of the molecule is Cc1ccc2c(c1)c1ccc3c(c1c1ncc(-c4c(C)cccc4C)n21)C31CC1C. The molecular weight excluding hydrogens is 364 g/mol. The molecule has 3 aromatic carbocycles. The fourth-order valence-corrected chi connectivity index (χ4v) is 6.16. The number of aromatic nitrogens is 2. The van der Waals surface area contributed by atoms with E-state index in [0.29, 0.717) is 5.41 Å². The second-order valence-corrected chi connectivity index (χ2v) is 9.58. The van der Waals surface area contributed by atoms with E-state index in [2.05, 4.69) is 86.8 Å². The number of imidazole rings is 1. The van der Waals surface area contributed by atoms with E-state index in [-0.39, 0.29) is 0 Å². The van der Waals surface area contributed by atoms with Crippen LogP contribution in [0.1, 0.15) is 41.2 Å². The van der Waals surface area contributed by atoms with Crippen LogP contribution in [0.5, 0.6) is 0 Å². The molecule has 2 aliphatic carbocycles. The molecule has 146 valence electrons. The minimum absolute atomic E-state index is 0.352. The zero-order valence-corrected chi connectivity index (χ0v) is 17.9. The average Bonchev–Trinajstić information content (AvgIpc) is 3.51. The Hall–Kier alpha value is -3.13. The van der Waals surface area contributed by atoms with E-state index in [1.807, 2.05) is 0 Å². The lowest BCUT2D eigenvalue weighted by molar-refractivity contribution is 0.878. The lowest BCUT2D eigenvalue weighted by Crippen LogP contribution is -1.97. The van der Waals surface area contributed by atoms with Crippen LogP contribution in [0.15, 0.2) is 54.7 Å². The van der Waals surface area contributed by atoms with Gasteiger partial charge in [0.1, 0.15) is 5.65 Å². The molecule has 2 nitrogen and oxygen atoms in total. The third kappa shape index (κ3) is 1.79. The minimum Gasteiger partial charge on any atom is -0.292 e. The number of benzene rings is 3. The first-order valence-electron chi connectivity index (χ1n) is 11.0. The summed E-state index contributed by atoms with van der Waals surface area (Å²) in [4.78, 5) is 5.05. The maximum absolute atomic E-state index is 5.05. The molecule has 1 fully saturated rings. The normalized spacial score (nSPS) is 21.7. The Kier molecular flexibility index (Phi) is 2.84. The molecule has 0 amide bonds. The van der Waals surface area contributed by atoms with Crippen molar-refractivity contribution >= 4 is 27.3 Å². The molecule has 30 heavy (non-hydrogen) atoms. The van der Waals surface area contributed by atoms with Crippen molar-refractivity contribution in [2.75, 3.05) is 0 Å². The van der Waals surface area contributed by atoms with Crippen LogP contribution in [0.25, 0.3) is 38.6 Å². The Balaban J connectivity index is 1.71. The van der Waals surface area contributed by atoms with Crippen molar-refractivity contribution in [1.29, 1.82) is 0 Å². The molecule has 5 aromatic rings. The van der Waals surface area contributed by atoms with Gasteiger partial charge in [0.2, 0.25) is 0 Å². The van der Waals surface area contributed by atoms with E-state index in [4.69, 9.17) is 4.98 Å². The van der Waals surface area contributed by atoms with Crippen molar-refractivity contribution in [1.82, 2.24) is 9.38 Å². The number of nitrogens with zero attached hydrogens (tertiary/aromatic N) is 2. The van der Waals surface area contributed by atoms with Crippen LogP contribution in [0.3, 0.4) is 0 Å². The summed E-state index contributed by atoms with van der Waals surface area (Å²) in [5.41, 5.74) is 12.3. The molecule has 2 heteroatoms. The second kappa shape index (κ2) is 5.13. The van der Waals surface area contributed by atoms with E-state index < -0.39 is 0 Å². The van der Waals surface area contributed by atoms with Gasteiger partial charge in [-0.3, -0.25) is 4.40 Å². The predicted octanol–water partition coefficient (Wildman–Crippen LogP) is 6.87. The summed E-state index contributed by atoms with van der Waals surface area (Å²) >= 11 is 0. The molecule has 0 aliphatic heterocycles. The van der Waals surface area contributed by atoms with Crippen LogP contribution >= 0.6 is 0 Å². The summed E-state index contributed by atoms with van der Waals surface area (Å²) < 4.78 is 2.42. The first-order valence-corrected chi connectivity index (χ1v) is 11.0. The second-order valence-electron chi connectivity index (χ2n) is 9.58. The zero-order valence-electron chi connectivity index (χ0n) is 17.9. The zero-order chi connectivity index (χ0) is 20.4. The molecular formula is C28H24N2. The number of hydrogen-bond acceptors (Lipinski definition) is 1. The van der Waals surface area contributed by atoms with Crippen molar-refractivity contribution in [2.45, 2.75) is 39.5 Å². The summed E-state index contributed by atoms with van der Waals surface area (Å²) in [5.74, 6) is 0.763. The van der Waals surface area contributed by atoms with E-state index in [1.165, 1.54) is 56.0 Å². The third-order valence-corrected chi connectivity index (χ3v) is 7.78. The topological polar surface area (TPSA) is 17.3 Å². The molecule has 2 aliphatic rings. The smallest absolute Gasteiger partial charge is 0.145 e. The number of rotatable bonds is 1. The molecule has 0 radical (unpaired) electrons. The van der Waals surface area contributed by atoms with Crippen molar-refractivity contribution in [2.24, 2.45) is 5.92 Å². The minimum atomic E-state index is 0.352. The maximum atomic E-state index is 5.05. The van der Waals surface area contributed by atoms with Crippen LogP contribution in [-0.4, -0.2) is 9.38 Å². The first-order chi connectivity index (χ1) is 14.5. The van der Waals surface area contributed by atoms with E-state index >= 15 is 0 Å². The molecule has 0 N–H and O–H groups in total. The average molecular weight is 389 g/mol. The van der Waals surface area contributed by atoms with Gasteiger partial charge in [-0.25, -0.2) is 4.98 Å². The Morgan fingerprint density at radius 3 is 2.47 bits per heavy atom. The maximum Gasteiger partial charge on any atom is 0.145 e. The lowest BCUT2D eigenvalue weighted by Gasteiger charge is -2.14. The Morgan fingerprint density at radius 1 is 0.967 bits per heavy atom. The first kappa shape index (κ1) is 16.6. The fraction of sp³-hybridized carbons (Fsp3) is 0.250. The van der Waals surface area contributed by atoms with Gasteiger partial charge in [-0.2, -0.15) is 0 Å². The van der Waals surface area contributed by atoms with Crippen LogP contribution in [-0.2, 0) is 5.41 Å². The number of fused-ring (bicyclic) bond motifs is 10. The third-order valence-electron chi connectivity index (χ3n) is 7.78. The quantitative estimate of drug-likeness (QED) is 0.286. The molecule has 0 bridgehead atoms. The molecule has 2 atom stereocenters. The van der Waals surface area contributed by atoms with Crippen molar-refractivity contribution < 1.29 is 0 Å². The highest BCUT2D eigenvalue weighted by Crippen LogP contribution is 2.73. The summed E-state index contributed by atoms with van der Waals surface area (Å²) in [5, 5.41) is 4.07. The standard InChI is InChI=1S/C28H24N2/c1-15-8-11-22-20(12-15)19-9-10-21-26(28(21)13-18(28)4)25(19)27-29-14-23(30(22)27)24-16(2)6-5-7-17(24)3/h5-12,14,18H,13H2,1-4H3. The van der Waals surface area contributed by atoms with Gasteiger partial charge in [0.05, 0.1) is 17.4 Å². The van der Waals surface area contributed by atoms with Crippen molar-refractivity contribution in [3.8, 4) is 11.3 Å². The van der Waals surface area contributed by atoms with Gasteiger partial charge >= 0.3 is 0 Å². The Labute approximate surface area is 176 Å². The van der Waals surface area contributed by atoms with Gasteiger partial charge in [-0.1, -0.05) is 48.9 Å². The van der Waals surface area contributed by atoms with Gasteiger partial charge in [-0.15, -0.1) is 0 Å². The number of aryl methyl sites for hydroxylation is 3. The molecule has 0 saturated heterocycles. The van der Waals surface area contributed by atoms with E-state index in [0.717, 1.165) is 11.6 Å². The largest absolute Gasteiger partial charge is 0.292 e. The highest BCUT2D eigenvalue weighted by Gasteiger charge is 2.66. The summed E-state index contributed by atoms with van der Waals surface area (Å²) in [6.07, 6.45) is 3.39. The van der Waals surface area contributed by atoms with E-state index in [9.17, 15) is 0 Å². The molecule has 2 heterocycles. The van der Waals surface area contributed by atoms with Crippen molar-refractivity contribution in [3.05, 3.63) is 82.5 Å². The molecule has 1 spiro atoms. The summed E-state index contributed by atoms with van der Waals surface area (Å²) in [6, 6.07) is 18.1. The highest BCUT2D eigenvalue weighted by atomic mass is 15.0. The van der Waals surface area contributed by atoms with Gasteiger partial charge in [0.25, 0.3) is 0 Å². The fourth-order valence-electron chi connectivity index (χ4n) is 6.16. The highest BCUT2D eigenvalue weighted by molar-refractivity contribution is 6.16. The van der Waals surface area contributed by atoms with E-state index in [1.54, 1.807) is 11.1 Å². The van der Waals surface area contributed by atoms with Gasteiger partial charge in [0.15, 0.2) is 0 Å². The van der Waals surface area contributed by atoms with Gasteiger partial charge in [0, 0.05) is 21.8 Å². The van der Waals surface area contributed by atoms with Crippen LogP contribution in [0.2, 0.25) is 0 Å². The van der Waals surface area contributed by atoms with Crippen LogP contribution < -0.4 is 0 Å².